The topological polar surface area (TPSA) is 38.8 Å². The van der Waals surface area contributed by atoms with Gasteiger partial charge in [-0.2, -0.15) is 13.2 Å². The van der Waals surface area contributed by atoms with E-state index < -0.39 is 12.0 Å². The Morgan fingerprint density at radius 2 is 1.67 bits per heavy atom. The Morgan fingerprint density at radius 1 is 1.11 bits per heavy atom. The molecule has 1 N–H and O–H groups in total. The maximum atomic E-state index is 12.8. The molecule has 1 aliphatic rings. The second kappa shape index (κ2) is 11.7. The normalized spacial score (nSPS) is 18.3. The third-order valence-corrected chi connectivity index (χ3v) is 5.23. The minimum atomic E-state index is -4.81. The van der Waals surface area contributed by atoms with Crippen LogP contribution in [0.4, 0.5) is 13.2 Å². The summed E-state index contributed by atoms with van der Waals surface area (Å²) in [6.07, 6.45) is -2.76. The first-order valence-electron chi connectivity index (χ1n) is 10.0. The van der Waals surface area contributed by atoms with Crippen molar-refractivity contribution in [1.82, 2.24) is 20.0 Å². The number of halogens is 3. The highest BCUT2D eigenvalue weighted by molar-refractivity contribution is 5.99. The number of nitrogens with one attached hydrogen (secondary N) is 1. The quantitative estimate of drug-likeness (QED) is 0.553. The van der Waals surface area contributed by atoms with Crippen molar-refractivity contribution < 1.29 is 18.0 Å². The summed E-state index contributed by atoms with van der Waals surface area (Å²) in [7, 11) is 0. The summed E-state index contributed by atoms with van der Waals surface area (Å²) in [5, 5.41) is 3.46. The van der Waals surface area contributed by atoms with Gasteiger partial charge in [-0.05, 0) is 39.0 Å². The first kappa shape index (κ1) is 23.9. The van der Waals surface area contributed by atoms with Crippen LogP contribution in [0.3, 0.4) is 0 Å². The SMILES string of the molecule is CCN(CC)CCNC1CCC(C(=O)C(F)(F)F)=CN1CCN(CC)CC. The zero-order valence-corrected chi connectivity index (χ0v) is 17.1. The van der Waals surface area contributed by atoms with Gasteiger partial charge in [-0.25, -0.2) is 0 Å². The minimum Gasteiger partial charge on any atom is -0.360 e. The zero-order chi connectivity index (χ0) is 20.4. The van der Waals surface area contributed by atoms with E-state index in [1.54, 1.807) is 0 Å². The molecule has 0 aliphatic carbocycles. The molecule has 0 saturated heterocycles. The first-order valence-corrected chi connectivity index (χ1v) is 10.0. The van der Waals surface area contributed by atoms with Crippen LogP contribution in [0.15, 0.2) is 11.8 Å². The largest absolute Gasteiger partial charge is 0.454 e. The maximum absolute atomic E-state index is 12.8. The van der Waals surface area contributed by atoms with Crippen LogP contribution >= 0.6 is 0 Å². The Kier molecular flexibility index (Phi) is 10.3. The highest BCUT2D eigenvalue weighted by Crippen LogP contribution is 2.27. The van der Waals surface area contributed by atoms with E-state index in [0.29, 0.717) is 13.0 Å². The summed E-state index contributed by atoms with van der Waals surface area (Å²) in [5.41, 5.74) is -0.135. The Labute approximate surface area is 161 Å². The molecular weight excluding hydrogens is 357 g/mol. The molecule has 158 valence electrons. The van der Waals surface area contributed by atoms with Gasteiger partial charge in [0.25, 0.3) is 5.78 Å². The molecule has 1 heterocycles. The van der Waals surface area contributed by atoms with Crippen LogP contribution < -0.4 is 5.32 Å². The lowest BCUT2D eigenvalue weighted by Crippen LogP contribution is -2.50. The summed E-state index contributed by atoms with van der Waals surface area (Å²) in [5.74, 6) is -1.71. The van der Waals surface area contributed by atoms with Crippen molar-refractivity contribution in [3.8, 4) is 0 Å². The standard InChI is InChI=1S/C19H35F3N4O/c1-5-24(6-2)12-11-23-17-10-9-16(18(27)19(20,21)22)15-26(17)14-13-25(7-3)8-4/h15,17,23H,5-14H2,1-4H3. The van der Waals surface area contributed by atoms with Crippen LogP contribution in [0, 0.1) is 0 Å². The number of rotatable bonds is 12. The van der Waals surface area contributed by atoms with Crippen LogP contribution in [0.25, 0.3) is 0 Å². The van der Waals surface area contributed by atoms with Crippen molar-refractivity contribution in [2.45, 2.75) is 52.9 Å². The zero-order valence-electron chi connectivity index (χ0n) is 17.1. The summed E-state index contributed by atoms with van der Waals surface area (Å²) < 4.78 is 38.4. The fourth-order valence-electron chi connectivity index (χ4n) is 3.33. The lowest BCUT2D eigenvalue weighted by molar-refractivity contribution is -0.167. The Hall–Kier alpha value is -1.12. The summed E-state index contributed by atoms with van der Waals surface area (Å²) >= 11 is 0. The molecule has 1 atom stereocenters. The molecule has 8 heteroatoms. The molecule has 0 fully saturated rings. The summed E-state index contributed by atoms with van der Waals surface area (Å²) in [4.78, 5) is 18.0. The molecule has 5 nitrogen and oxygen atoms in total. The lowest BCUT2D eigenvalue weighted by Gasteiger charge is -2.37. The van der Waals surface area contributed by atoms with E-state index in [0.717, 1.165) is 45.8 Å². The molecule has 1 unspecified atom stereocenters. The number of nitrogens with zero attached hydrogens (tertiary/aromatic N) is 3. The van der Waals surface area contributed by atoms with Crippen molar-refractivity contribution in [2.24, 2.45) is 0 Å². The van der Waals surface area contributed by atoms with Gasteiger partial charge in [0.15, 0.2) is 0 Å². The van der Waals surface area contributed by atoms with Gasteiger partial charge in [0.2, 0.25) is 0 Å². The monoisotopic (exact) mass is 392 g/mol. The third-order valence-electron chi connectivity index (χ3n) is 5.23. The number of hydrogen-bond acceptors (Lipinski definition) is 5. The number of carbonyl (C=O) groups is 1. The molecule has 1 rings (SSSR count). The van der Waals surface area contributed by atoms with Crippen LogP contribution in [-0.4, -0.2) is 85.2 Å². The molecule has 0 spiro atoms. The second-order valence-electron chi connectivity index (χ2n) is 6.78. The first-order chi connectivity index (χ1) is 12.8. The fraction of sp³-hybridized carbons (Fsp3) is 0.842. The van der Waals surface area contributed by atoms with Crippen LogP contribution in [0.2, 0.25) is 0 Å². The smallest absolute Gasteiger partial charge is 0.360 e. The number of likely N-dealkylation sites (N-methyl/N-ethyl adjacent to an activating group) is 2. The number of hydrogen-bond donors (Lipinski definition) is 1. The van der Waals surface area contributed by atoms with E-state index in [1.807, 2.05) is 4.90 Å². The van der Waals surface area contributed by atoms with E-state index in [2.05, 4.69) is 42.8 Å². The average molecular weight is 393 g/mol. The highest BCUT2D eigenvalue weighted by Gasteiger charge is 2.41. The molecule has 0 saturated carbocycles. The molecule has 0 aromatic rings. The van der Waals surface area contributed by atoms with Crippen molar-refractivity contribution in [2.75, 3.05) is 52.4 Å². The van der Waals surface area contributed by atoms with Gasteiger partial charge in [0.1, 0.15) is 0 Å². The molecule has 0 bridgehead atoms. The number of allylic oxidation sites excluding steroid dienone is 1. The number of ketones is 1. The van der Waals surface area contributed by atoms with E-state index >= 15 is 0 Å². The van der Waals surface area contributed by atoms with Gasteiger partial charge in [-0.15, -0.1) is 0 Å². The van der Waals surface area contributed by atoms with Gasteiger partial charge in [0, 0.05) is 38.0 Å². The predicted octanol–water partition coefficient (Wildman–Crippen LogP) is 2.70. The van der Waals surface area contributed by atoms with E-state index in [-0.39, 0.29) is 18.2 Å². The molecule has 0 amide bonds. The van der Waals surface area contributed by atoms with Gasteiger partial charge in [-0.1, -0.05) is 27.7 Å². The molecule has 1 aliphatic heterocycles. The van der Waals surface area contributed by atoms with Crippen LogP contribution in [0.5, 0.6) is 0 Å². The predicted molar refractivity (Wildman–Crippen MR) is 102 cm³/mol. The van der Waals surface area contributed by atoms with Crippen LogP contribution in [0.1, 0.15) is 40.5 Å². The Morgan fingerprint density at radius 3 is 2.19 bits per heavy atom. The third kappa shape index (κ3) is 7.79. The van der Waals surface area contributed by atoms with Crippen molar-refractivity contribution in [3.63, 3.8) is 0 Å². The van der Waals surface area contributed by atoms with Crippen molar-refractivity contribution in [3.05, 3.63) is 11.8 Å². The van der Waals surface area contributed by atoms with E-state index in [1.165, 1.54) is 6.20 Å². The minimum absolute atomic E-state index is 0.0408. The molecule has 0 aromatic heterocycles. The van der Waals surface area contributed by atoms with Gasteiger partial charge >= 0.3 is 6.18 Å². The van der Waals surface area contributed by atoms with Gasteiger partial charge < -0.3 is 14.7 Å². The molecular formula is C19H35F3N4O. The van der Waals surface area contributed by atoms with Gasteiger partial charge in [-0.3, -0.25) is 10.1 Å². The molecule has 0 aromatic carbocycles. The van der Waals surface area contributed by atoms with Crippen molar-refractivity contribution in [1.29, 1.82) is 0 Å². The number of carbonyl (C=O) groups excluding carboxylic acids is 1. The molecule has 0 radical (unpaired) electrons. The van der Waals surface area contributed by atoms with E-state index in [9.17, 15) is 18.0 Å². The summed E-state index contributed by atoms with van der Waals surface area (Å²) in [6.45, 7) is 15.1. The number of Topliss-reactive ketones (excluding diaryl/α,β-unsaturated/α-hetero) is 1. The summed E-state index contributed by atoms with van der Waals surface area (Å²) in [6, 6.07) is 0. The highest BCUT2D eigenvalue weighted by atomic mass is 19.4. The van der Waals surface area contributed by atoms with Crippen molar-refractivity contribution >= 4 is 5.78 Å². The fourth-order valence-corrected chi connectivity index (χ4v) is 3.33. The van der Waals surface area contributed by atoms with Crippen LogP contribution in [-0.2, 0) is 4.79 Å². The second-order valence-corrected chi connectivity index (χ2v) is 6.78. The van der Waals surface area contributed by atoms with Gasteiger partial charge in [0.05, 0.1) is 6.17 Å². The average Bonchev–Trinajstić information content (AvgIpc) is 2.65. The lowest BCUT2D eigenvalue weighted by atomic mass is 10.0. The molecule has 27 heavy (non-hydrogen) atoms. The Bertz CT molecular complexity index is 474. The van der Waals surface area contributed by atoms with E-state index in [4.69, 9.17) is 0 Å². The Balaban J connectivity index is 2.79. The number of alkyl halides is 3. The maximum Gasteiger partial charge on any atom is 0.454 e.